The maximum Gasteiger partial charge on any atom is 0.157 e. The topological polar surface area (TPSA) is 33.4 Å². The second-order valence-corrected chi connectivity index (χ2v) is 4.37. The van der Waals surface area contributed by atoms with Crippen LogP contribution in [0, 0.1) is 5.82 Å². The van der Waals surface area contributed by atoms with E-state index in [0.29, 0.717) is 12.1 Å². The number of halogens is 1. The van der Waals surface area contributed by atoms with Crippen LogP contribution in [0.2, 0.25) is 0 Å². The van der Waals surface area contributed by atoms with E-state index < -0.39 is 0 Å². The number of hydrogen-bond acceptors (Lipinski definition) is 3. The minimum Gasteiger partial charge on any atom is -0.355 e. The smallest absolute Gasteiger partial charge is 0.157 e. The molecule has 3 rings (SSSR count). The van der Waals surface area contributed by atoms with Gasteiger partial charge in [0.1, 0.15) is 11.6 Å². The Morgan fingerprint density at radius 2 is 2.05 bits per heavy atom. The van der Waals surface area contributed by atoms with Gasteiger partial charge in [-0.25, -0.2) is 13.9 Å². The molecule has 4 nitrogen and oxygen atoms in total. The van der Waals surface area contributed by atoms with E-state index in [4.69, 9.17) is 0 Å². The van der Waals surface area contributed by atoms with Gasteiger partial charge in [0.2, 0.25) is 0 Å². The Hall–Kier alpha value is -2.43. The lowest BCUT2D eigenvalue weighted by molar-refractivity contribution is 0.607. The van der Waals surface area contributed by atoms with Crippen molar-refractivity contribution in [3.8, 4) is 0 Å². The molecule has 19 heavy (non-hydrogen) atoms. The van der Waals surface area contributed by atoms with E-state index >= 15 is 0 Å². The first-order valence-electron chi connectivity index (χ1n) is 5.99. The molecule has 0 aliphatic heterocycles. The summed E-state index contributed by atoms with van der Waals surface area (Å²) in [6, 6.07) is 10.5. The third-order valence-corrected chi connectivity index (χ3v) is 3.00. The molecule has 0 spiro atoms. The first-order valence-corrected chi connectivity index (χ1v) is 5.99. The highest BCUT2D eigenvalue weighted by Crippen LogP contribution is 2.15. The maximum atomic E-state index is 13.6. The Balaban J connectivity index is 1.87. The maximum absolute atomic E-state index is 13.6. The van der Waals surface area contributed by atoms with Gasteiger partial charge in [0.15, 0.2) is 5.65 Å². The Labute approximate surface area is 110 Å². The van der Waals surface area contributed by atoms with Crippen LogP contribution in [0.4, 0.5) is 10.2 Å². The van der Waals surface area contributed by atoms with Crippen molar-refractivity contribution in [2.45, 2.75) is 6.54 Å². The van der Waals surface area contributed by atoms with Gasteiger partial charge in [0, 0.05) is 31.4 Å². The molecule has 0 N–H and O–H groups in total. The molecule has 0 radical (unpaired) electrons. The van der Waals surface area contributed by atoms with Gasteiger partial charge in [-0.05, 0) is 12.1 Å². The molecule has 0 fully saturated rings. The second-order valence-electron chi connectivity index (χ2n) is 4.37. The largest absolute Gasteiger partial charge is 0.355 e. The Kier molecular flexibility index (Phi) is 2.87. The van der Waals surface area contributed by atoms with Crippen molar-refractivity contribution >= 4 is 11.5 Å². The highest BCUT2D eigenvalue weighted by molar-refractivity contribution is 5.47. The summed E-state index contributed by atoms with van der Waals surface area (Å²) in [4.78, 5) is 6.37. The van der Waals surface area contributed by atoms with E-state index in [1.165, 1.54) is 6.07 Å². The average molecular weight is 256 g/mol. The van der Waals surface area contributed by atoms with Gasteiger partial charge in [-0.1, -0.05) is 18.2 Å². The van der Waals surface area contributed by atoms with E-state index in [1.54, 1.807) is 22.8 Å². The molecule has 0 bridgehead atoms. The number of benzene rings is 1. The van der Waals surface area contributed by atoms with E-state index in [9.17, 15) is 4.39 Å². The molecule has 0 saturated carbocycles. The standard InChI is InChI=1S/C14H13FN4/c1-18(10-11-4-2-3-5-12(11)15)13-7-9-19-14(17-13)6-8-16-19/h2-9H,10H2,1H3. The number of hydrogen-bond donors (Lipinski definition) is 0. The fraction of sp³-hybridized carbons (Fsp3) is 0.143. The van der Waals surface area contributed by atoms with E-state index in [0.717, 1.165) is 11.5 Å². The van der Waals surface area contributed by atoms with Gasteiger partial charge in [-0.3, -0.25) is 0 Å². The number of rotatable bonds is 3. The quantitative estimate of drug-likeness (QED) is 0.722. The fourth-order valence-electron chi connectivity index (χ4n) is 1.98. The summed E-state index contributed by atoms with van der Waals surface area (Å²) in [6.07, 6.45) is 3.54. The summed E-state index contributed by atoms with van der Waals surface area (Å²) < 4.78 is 15.3. The molecule has 0 saturated heterocycles. The lowest BCUT2D eigenvalue weighted by Gasteiger charge is -2.18. The van der Waals surface area contributed by atoms with Crippen molar-refractivity contribution in [3.63, 3.8) is 0 Å². The highest BCUT2D eigenvalue weighted by atomic mass is 19.1. The van der Waals surface area contributed by atoms with Gasteiger partial charge in [0.05, 0.1) is 6.20 Å². The lowest BCUT2D eigenvalue weighted by Crippen LogP contribution is -2.18. The molecule has 2 aromatic heterocycles. The summed E-state index contributed by atoms with van der Waals surface area (Å²) in [5, 5.41) is 4.09. The van der Waals surface area contributed by atoms with Crippen molar-refractivity contribution in [1.29, 1.82) is 0 Å². The molecule has 0 atom stereocenters. The summed E-state index contributed by atoms with van der Waals surface area (Å²) in [5.41, 5.74) is 1.43. The predicted molar refractivity (Wildman–Crippen MR) is 71.5 cm³/mol. The normalized spacial score (nSPS) is 10.8. The predicted octanol–water partition coefficient (Wildman–Crippen LogP) is 2.50. The molecule has 0 unspecified atom stereocenters. The molecular weight excluding hydrogens is 243 g/mol. The van der Waals surface area contributed by atoms with Crippen molar-refractivity contribution < 1.29 is 4.39 Å². The van der Waals surface area contributed by atoms with E-state index in [2.05, 4.69) is 10.1 Å². The second kappa shape index (κ2) is 4.68. The zero-order chi connectivity index (χ0) is 13.2. The van der Waals surface area contributed by atoms with Crippen LogP contribution in [-0.4, -0.2) is 21.6 Å². The first kappa shape index (κ1) is 11.6. The lowest BCUT2D eigenvalue weighted by atomic mass is 10.2. The van der Waals surface area contributed by atoms with Crippen molar-refractivity contribution in [2.75, 3.05) is 11.9 Å². The number of nitrogens with zero attached hydrogens (tertiary/aromatic N) is 4. The Morgan fingerprint density at radius 1 is 1.21 bits per heavy atom. The van der Waals surface area contributed by atoms with Gasteiger partial charge < -0.3 is 4.90 Å². The molecule has 2 heterocycles. The zero-order valence-electron chi connectivity index (χ0n) is 10.5. The number of anilines is 1. The Bertz CT molecular complexity index is 707. The van der Waals surface area contributed by atoms with Crippen LogP contribution in [0.15, 0.2) is 48.8 Å². The van der Waals surface area contributed by atoms with Crippen LogP contribution in [0.3, 0.4) is 0 Å². The van der Waals surface area contributed by atoms with Gasteiger partial charge in [0.25, 0.3) is 0 Å². The number of fused-ring (bicyclic) bond motifs is 1. The zero-order valence-corrected chi connectivity index (χ0v) is 10.5. The molecule has 0 aliphatic rings. The third-order valence-electron chi connectivity index (χ3n) is 3.00. The van der Waals surface area contributed by atoms with Crippen LogP contribution in [0.5, 0.6) is 0 Å². The van der Waals surface area contributed by atoms with Gasteiger partial charge in [-0.15, -0.1) is 0 Å². The van der Waals surface area contributed by atoms with Gasteiger partial charge >= 0.3 is 0 Å². The molecule has 0 aliphatic carbocycles. The molecule has 0 amide bonds. The molecule has 96 valence electrons. The van der Waals surface area contributed by atoms with E-state index in [1.807, 2.05) is 36.3 Å². The summed E-state index contributed by atoms with van der Waals surface area (Å²) in [6.45, 7) is 0.476. The monoisotopic (exact) mass is 256 g/mol. The van der Waals surface area contributed by atoms with Crippen LogP contribution in [0.1, 0.15) is 5.56 Å². The highest BCUT2D eigenvalue weighted by Gasteiger charge is 2.08. The average Bonchev–Trinajstić information content (AvgIpc) is 2.88. The SMILES string of the molecule is CN(Cc1ccccc1F)c1ccn2nccc2n1. The first-order chi connectivity index (χ1) is 9.24. The molecule has 5 heteroatoms. The van der Waals surface area contributed by atoms with E-state index in [-0.39, 0.29) is 5.82 Å². The Morgan fingerprint density at radius 3 is 2.89 bits per heavy atom. The van der Waals surface area contributed by atoms with Crippen molar-refractivity contribution in [3.05, 3.63) is 60.2 Å². The van der Waals surface area contributed by atoms with Crippen LogP contribution in [0.25, 0.3) is 5.65 Å². The molecular formula is C14H13FN4. The van der Waals surface area contributed by atoms with Crippen molar-refractivity contribution in [1.82, 2.24) is 14.6 Å². The fourth-order valence-corrected chi connectivity index (χ4v) is 1.98. The number of aromatic nitrogens is 3. The van der Waals surface area contributed by atoms with Crippen LogP contribution in [-0.2, 0) is 6.54 Å². The van der Waals surface area contributed by atoms with Gasteiger partial charge in [-0.2, -0.15) is 5.10 Å². The minimum atomic E-state index is -0.195. The molecule has 1 aromatic carbocycles. The van der Waals surface area contributed by atoms with Crippen molar-refractivity contribution in [2.24, 2.45) is 0 Å². The minimum absolute atomic E-state index is 0.195. The summed E-state index contributed by atoms with van der Waals surface area (Å²) in [5.74, 6) is 0.594. The third kappa shape index (κ3) is 2.27. The van der Waals surface area contributed by atoms with Crippen LogP contribution < -0.4 is 4.90 Å². The summed E-state index contributed by atoms with van der Waals surface area (Å²) >= 11 is 0. The molecule has 3 aromatic rings. The van der Waals surface area contributed by atoms with Crippen LogP contribution >= 0.6 is 0 Å². The summed E-state index contributed by atoms with van der Waals surface area (Å²) in [7, 11) is 1.89.